The molecule has 1 rings (SSSR count). The van der Waals surface area contributed by atoms with E-state index in [1.807, 2.05) is 13.8 Å². The first-order valence-corrected chi connectivity index (χ1v) is 6.37. The molecule has 0 spiro atoms. The summed E-state index contributed by atoms with van der Waals surface area (Å²) in [6.07, 6.45) is 0.421. The second kappa shape index (κ2) is 7.07. The zero-order valence-electron chi connectivity index (χ0n) is 11.0. The highest BCUT2D eigenvalue weighted by atomic mass is 35.5. The van der Waals surface area contributed by atoms with Gasteiger partial charge >= 0.3 is 0 Å². The Morgan fingerprint density at radius 2 is 2.21 bits per heavy atom. The Morgan fingerprint density at radius 3 is 2.74 bits per heavy atom. The van der Waals surface area contributed by atoms with Gasteiger partial charge in [0.05, 0.1) is 11.0 Å². The maximum Gasteiger partial charge on any atom is 0.269 e. The van der Waals surface area contributed by atoms with Gasteiger partial charge in [0.25, 0.3) is 5.69 Å². The van der Waals surface area contributed by atoms with Crippen molar-refractivity contribution in [2.75, 3.05) is 6.54 Å². The van der Waals surface area contributed by atoms with Crippen LogP contribution < -0.4 is 0 Å². The average molecular weight is 282 g/mol. The Bertz CT molecular complexity index is 497. The molecule has 0 aliphatic heterocycles. The SMILES string of the molecule is CC(C)N(CCC#N)Cc1cc([N+](=O)[O-])ccc1Cl. The van der Waals surface area contributed by atoms with Gasteiger partial charge < -0.3 is 0 Å². The Kier molecular flexibility index (Phi) is 5.74. The van der Waals surface area contributed by atoms with E-state index in [-0.39, 0.29) is 11.7 Å². The van der Waals surface area contributed by atoms with Gasteiger partial charge in [-0.3, -0.25) is 15.0 Å². The largest absolute Gasteiger partial charge is 0.296 e. The predicted octanol–water partition coefficient (Wildman–Crippen LogP) is 3.37. The van der Waals surface area contributed by atoms with E-state index in [2.05, 4.69) is 11.0 Å². The predicted molar refractivity (Wildman–Crippen MR) is 73.9 cm³/mol. The Labute approximate surface area is 117 Å². The molecule has 19 heavy (non-hydrogen) atoms. The van der Waals surface area contributed by atoms with E-state index in [1.54, 1.807) is 0 Å². The molecule has 102 valence electrons. The van der Waals surface area contributed by atoms with Gasteiger partial charge in [-0.15, -0.1) is 0 Å². The van der Waals surface area contributed by atoms with Gasteiger partial charge in [-0.2, -0.15) is 5.26 Å². The average Bonchev–Trinajstić information content (AvgIpc) is 2.35. The molecule has 0 bridgehead atoms. The van der Waals surface area contributed by atoms with Crippen LogP contribution in [0, 0.1) is 21.4 Å². The zero-order chi connectivity index (χ0) is 14.4. The standard InChI is InChI=1S/C13H16ClN3O2/c1-10(2)16(7-3-6-15)9-11-8-12(17(18)19)4-5-13(11)14/h4-5,8,10H,3,7,9H2,1-2H3. The summed E-state index contributed by atoms with van der Waals surface area (Å²) in [5, 5.41) is 19.9. The number of nitriles is 1. The van der Waals surface area contributed by atoms with Crippen molar-refractivity contribution in [3.63, 3.8) is 0 Å². The first kappa shape index (κ1) is 15.4. The number of non-ortho nitro benzene ring substituents is 1. The molecule has 0 aromatic heterocycles. The van der Waals surface area contributed by atoms with Crippen LogP contribution in [0.15, 0.2) is 18.2 Å². The number of hydrogen-bond donors (Lipinski definition) is 0. The highest BCUT2D eigenvalue weighted by Crippen LogP contribution is 2.24. The van der Waals surface area contributed by atoms with Crippen LogP contribution in [0.5, 0.6) is 0 Å². The van der Waals surface area contributed by atoms with Crippen molar-refractivity contribution in [1.29, 1.82) is 5.26 Å². The fourth-order valence-electron chi connectivity index (χ4n) is 1.73. The van der Waals surface area contributed by atoms with Crippen molar-refractivity contribution >= 4 is 17.3 Å². The number of nitro benzene ring substituents is 1. The molecular weight excluding hydrogens is 266 g/mol. The minimum Gasteiger partial charge on any atom is -0.296 e. The lowest BCUT2D eigenvalue weighted by molar-refractivity contribution is -0.384. The van der Waals surface area contributed by atoms with Crippen LogP contribution in [0.2, 0.25) is 5.02 Å². The molecule has 0 aliphatic carbocycles. The van der Waals surface area contributed by atoms with Gasteiger partial charge in [-0.05, 0) is 25.5 Å². The summed E-state index contributed by atoms with van der Waals surface area (Å²) in [5.74, 6) is 0. The van der Waals surface area contributed by atoms with E-state index in [0.29, 0.717) is 30.1 Å². The summed E-state index contributed by atoms with van der Waals surface area (Å²) in [6, 6.07) is 6.76. The fourth-order valence-corrected chi connectivity index (χ4v) is 1.91. The van der Waals surface area contributed by atoms with Crippen LogP contribution >= 0.6 is 11.6 Å². The second-order valence-electron chi connectivity index (χ2n) is 4.51. The summed E-state index contributed by atoms with van der Waals surface area (Å²) in [7, 11) is 0. The molecule has 0 radical (unpaired) electrons. The van der Waals surface area contributed by atoms with Crippen LogP contribution in [0.25, 0.3) is 0 Å². The molecule has 0 atom stereocenters. The normalized spacial score (nSPS) is 10.7. The van der Waals surface area contributed by atoms with E-state index in [4.69, 9.17) is 16.9 Å². The van der Waals surface area contributed by atoms with Crippen LogP contribution in [-0.2, 0) is 6.54 Å². The van der Waals surface area contributed by atoms with Crippen molar-refractivity contribution in [2.45, 2.75) is 32.9 Å². The molecule has 0 unspecified atom stereocenters. The maximum absolute atomic E-state index is 10.8. The van der Waals surface area contributed by atoms with E-state index >= 15 is 0 Å². The smallest absolute Gasteiger partial charge is 0.269 e. The van der Waals surface area contributed by atoms with Gasteiger partial charge in [-0.1, -0.05) is 11.6 Å². The monoisotopic (exact) mass is 281 g/mol. The minimum atomic E-state index is -0.436. The van der Waals surface area contributed by atoms with E-state index in [1.165, 1.54) is 18.2 Å². The Morgan fingerprint density at radius 1 is 1.53 bits per heavy atom. The van der Waals surface area contributed by atoms with Gasteiger partial charge in [-0.25, -0.2) is 0 Å². The van der Waals surface area contributed by atoms with E-state index in [9.17, 15) is 10.1 Å². The third-order valence-corrected chi connectivity index (χ3v) is 3.22. The molecule has 6 heteroatoms. The molecule has 0 N–H and O–H groups in total. The van der Waals surface area contributed by atoms with Crippen molar-refractivity contribution < 1.29 is 4.92 Å². The van der Waals surface area contributed by atoms with Crippen LogP contribution in [-0.4, -0.2) is 22.4 Å². The second-order valence-corrected chi connectivity index (χ2v) is 4.91. The van der Waals surface area contributed by atoms with Crippen LogP contribution in [0.4, 0.5) is 5.69 Å². The number of hydrogen-bond acceptors (Lipinski definition) is 4. The Balaban J connectivity index is 2.92. The number of halogens is 1. The summed E-state index contributed by atoms with van der Waals surface area (Å²) >= 11 is 6.07. The lowest BCUT2D eigenvalue weighted by Crippen LogP contribution is -2.31. The minimum absolute atomic E-state index is 0.0309. The van der Waals surface area contributed by atoms with Crippen molar-refractivity contribution in [1.82, 2.24) is 4.90 Å². The van der Waals surface area contributed by atoms with Crippen molar-refractivity contribution in [3.8, 4) is 6.07 Å². The number of rotatable bonds is 6. The summed E-state index contributed by atoms with van der Waals surface area (Å²) in [6.45, 7) is 5.15. The number of benzene rings is 1. The highest BCUT2D eigenvalue weighted by molar-refractivity contribution is 6.31. The lowest BCUT2D eigenvalue weighted by Gasteiger charge is -2.25. The molecule has 0 saturated carbocycles. The van der Waals surface area contributed by atoms with Crippen LogP contribution in [0.1, 0.15) is 25.8 Å². The Hall–Kier alpha value is -1.64. The molecule has 0 fully saturated rings. The maximum atomic E-state index is 10.8. The van der Waals surface area contributed by atoms with Gasteiger partial charge in [0.15, 0.2) is 0 Å². The van der Waals surface area contributed by atoms with Gasteiger partial charge in [0.2, 0.25) is 0 Å². The van der Waals surface area contributed by atoms with Gasteiger partial charge in [0, 0.05) is 42.7 Å². The zero-order valence-corrected chi connectivity index (χ0v) is 11.7. The summed E-state index contributed by atoms with van der Waals surface area (Å²) < 4.78 is 0. The summed E-state index contributed by atoms with van der Waals surface area (Å²) in [4.78, 5) is 12.4. The molecule has 0 heterocycles. The first-order valence-electron chi connectivity index (χ1n) is 5.99. The fraction of sp³-hybridized carbons (Fsp3) is 0.462. The lowest BCUT2D eigenvalue weighted by atomic mass is 10.1. The van der Waals surface area contributed by atoms with Crippen LogP contribution in [0.3, 0.4) is 0 Å². The molecule has 0 saturated heterocycles. The van der Waals surface area contributed by atoms with Crippen molar-refractivity contribution in [3.05, 3.63) is 38.9 Å². The quantitative estimate of drug-likeness (QED) is 0.592. The van der Waals surface area contributed by atoms with E-state index in [0.717, 1.165) is 0 Å². The molecular formula is C13H16ClN3O2. The molecule has 1 aromatic rings. The topological polar surface area (TPSA) is 70.2 Å². The third kappa shape index (κ3) is 4.51. The third-order valence-electron chi connectivity index (χ3n) is 2.85. The molecule has 0 aliphatic rings. The highest BCUT2D eigenvalue weighted by Gasteiger charge is 2.15. The number of nitro groups is 1. The molecule has 1 aromatic carbocycles. The molecule has 5 nitrogen and oxygen atoms in total. The first-order chi connectivity index (χ1) is 8.95. The van der Waals surface area contributed by atoms with Gasteiger partial charge in [0.1, 0.15) is 0 Å². The number of nitrogens with zero attached hydrogens (tertiary/aromatic N) is 3. The van der Waals surface area contributed by atoms with E-state index < -0.39 is 4.92 Å². The summed E-state index contributed by atoms with van der Waals surface area (Å²) in [5.41, 5.74) is 0.742. The van der Waals surface area contributed by atoms with Crippen molar-refractivity contribution in [2.24, 2.45) is 0 Å². The molecule has 0 amide bonds.